The van der Waals surface area contributed by atoms with E-state index in [1.54, 1.807) is 25.1 Å². The highest BCUT2D eigenvalue weighted by atomic mass is 32.2. The molecule has 7 nitrogen and oxygen atoms in total. The normalized spacial score (nSPS) is 11.9. The molecule has 1 heterocycles. The van der Waals surface area contributed by atoms with Gasteiger partial charge in [-0.3, -0.25) is 0 Å². The van der Waals surface area contributed by atoms with Crippen LogP contribution in [0.4, 0.5) is 0 Å². The van der Waals surface area contributed by atoms with E-state index in [0.717, 1.165) is 5.56 Å². The van der Waals surface area contributed by atoms with Crippen molar-refractivity contribution in [3.63, 3.8) is 0 Å². The first-order valence-corrected chi connectivity index (χ1v) is 9.84. The molecule has 0 bridgehead atoms. The second kappa shape index (κ2) is 8.28. The Labute approximate surface area is 164 Å². The third-order valence-electron chi connectivity index (χ3n) is 4.18. The van der Waals surface area contributed by atoms with Crippen LogP contribution in [0.3, 0.4) is 0 Å². The zero-order valence-electron chi connectivity index (χ0n) is 15.0. The van der Waals surface area contributed by atoms with Crippen molar-refractivity contribution >= 4 is 23.1 Å². The molecule has 28 heavy (non-hydrogen) atoms. The number of carbonyl (C=O) groups is 2. The molecular formula is C20H18N2O5S. The topological polar surface area (TPSA) is 126 Å². The number of rotatable bonds is 7. The molecule has 3 N–H and O–H groups in total. The van der Waals surface area contributed by atoms with Gasteiger partial charge in [0.05, 0.1) is 5.56 Å². The van der Waals surface area contributed by atoms with Gasteiger partial charge in [0.25, 0.3) is 5.03 Å². The van der Waals surface area contributed by atoms with Crippen LogP contribution in [0.15, 0.2) is 53.6 Å². The summed E-state index contributed by atoms with van der Waals surface area (Å²) in [7, 11) is 0. The Morgan fingerprint density at radius 1 is 1.11 bits per heavy atom. The Balaban J connectivity index is 1.96. The number of benzene rings is 2. The summed E-state index contributed by atoms with van der Waals surface area (Å²) in [4.78, 5) is 30.0. The van der Waals surface area contributed by atoms with Gasteiger partial charge in [-0.15, -0.1) is 0 Å². The second-order valence-electron chi connectivity index (χ2n) is 6.03. The predicted molar refractivity (Wildman–Crippen MR) is 104 cm³/mol. The number of aromatic carboxylic acids is 2. The number of imidazole rings is 1. The number of aromatic nitrogens is 2. The zero-order chi connectivity index (χ0) is 20.3. The smallest absolute Gasteiger partial charge is 0.359 e. The number of nitrogens with one attached hydrogen (secondary N) is 1. The summed E-state index contributed by atoms with van der Waals surface area (Å²) in [6.45, 7) is 1.68. The lowest BCUT2D eigenvalue weighted by molar-refractivity contribution is 0.0680. The molecule has 0 radical (unpaired) electrons. The molecular weight excluding hydrogens is 380 g/mol. The molecule has 3 aromatic rings. The molecule has 0 saturated heterocycles. The van der Waals surface area contributed by atoms with Gasteiger partial charge in [-0.05, 0) is 29.7 Å². The first-order chi connectivity index (χ1) is 13.4. The molecule has 0 aliphatic heterocycles. The molecule has 0 saturated carbocycles. The van der Waals surface area contributed by atoms with Crippen LogP contribution in [0.25, 0.3) is 11.1 Å². The van der Waals surface area contributed by atoms with Crippen molar-refractivity contribution < 1.29 is 24.4 Å². The van der Waals surface area contributed by atoms with Crippen LogP contribution in [-0.2, 0) is 17.6 Å². The third-order valence-corrected chi connectivity index (χ3v) is 5.43. The van der Waals surface area contributed by atoms with E-state index in [0.29, 0.717) is 17.0 Å². The average Bonchev–Trinajstić information content (AvgIpc) is 3.12. The minimum Gasteiger partial charge on any atom is -0.610 e. The standard InChI is InChI=1S/C20H18N2O5S/c1-2-28(27)18-17(20(25)26)21-16(22-18)11-12-8-9-14(15(10-12)19(23)24)13-6-4-3-5-7-13/h3-10H,2,11H2,1H3,(H,21,22)(H,23,24)(H,25,26). The van der Waals surface area contributed by atoms with Gasteiger partial charge in [0.1, 0.15) is 11.6 Å². The molecule has 144 valence electrons. The van der Waals surface area contributed by atoms with Gasteiger partial charge in [-0.2, -0.15) is 4.98 Å². The Morgan fingerprint density at radius 2 is 1.82 bits per heavy atom. The third kappa shape index (κ3) is 4.08. The maximum atomic E-state index is 12.0. The maximum absolute atomic E-state index is 12.0. The Bertz CT molecular complexity index is 1020. The summed E-state index contributed by atoms with van der Waals surface area (Å²) in [5, 5.41) is 18.9. The van der Waals surface area contributed by atoms with Crippen molar-refractivity contribution in [2.24, 2.45) is 0 Å². The molecule has 3 rings (SSSR count). The van der Waals surface area contributed by atoms with E-state index in [9.17, 15) is 24.4 Å². The quantitative estimate of drug-likeness (QED) is 0.525. The van der Waals surface area contributed by atoms with Crippen LogP contribution < -0.4 is 0 Å². The summed E-state index contributed by atoms with van der Waals surface area (Å²) >= 11 is -1.52. The van der Waals surface area contributed by atoms with Crippen LogP contribution in [0, 0.1) is 0 Å². The molecule has 0 fully saturated rings. The van der Waals surface area contributed by atoms with Crippen LogP contribution in [0.2, 0.25) is 0 Å². The largest absolute Gasteiger partial charge is 0.610 e. The first kappa shape index (κ1) is 19.7. The van der Waals surface area contributed by atoms with Gasteiger partial charge in [0.2, 0.25) is 5.69 Å². The van der Waals surface area contributed by atoms with Crippen molar-refractivity contribution in [1.29, 1.82) is 0 Å². The maximum Gasteiger partial charge on any atom is 0.359 e. The van der Waals surface area contributed by atoms with E-state index in [1.807, 2.05) is 30.3 Å². The molecule has 0 amide bonds. The highest BCUT2D eigenvalue weighted by molar-refractivity contribution is 7.91. The lowest BCUT2D eigenvalue weighted by atomic mass is 9.96. The van der Waals surface area contributed by atoms with Crippen LogP contribution in [0.1, 0.15) is 39.2 Å². The molecule has 0 spiro atoms. The Kier molecular flexibility index (Phi) is 5.81. The van der Waals surface area contributed by atoms with Gasteiger partial charge in [-0.25, -0.2) is 9.59 Å². The van der Waals surface area contributed by atoms with Crippen LogP contribution in [0.5, 0.6) is 0 Å². The highest BCUT2D eigenvalue weighted by Crippen LogP contribution is 2.26. The summed E-state index contributed by atoms with van der Waals surface area (Å²) < 4.78 is 12.0. The Hall–Kier alpha value is -3.10. The second-order valence-corrected chi connectivity index (χ2v) is 7.69. The fourth-order valence-corrected chi connectivity index (χ4v) is 3.73. The Morgan fingerprint density at radius 3 is 2.43 bits per heavy atom. The number of hydrogen-bond acceptors (Lipinski definition) is 4. The monoisotopic (exact) mass is 398 g/mol. The SMILES string of the molecule is CC[S+]([O-])c1nc(Cc2ccc(-c3ccccc3)c(C(=O)O)c2)[nH]c1C(=O)O. The van der Waals surface area contributed by atoms with E-state index >= 15 is 0 Å². The van der Waals surface area contributed by atoms with Gasteiger partial charge in [-0.1, -0.05) is 42.5 Å². The zero-order valence-corrected chi connectivity index (χ0v) is 15.8. The number of aromatic amines is 1. The minimum atomic E-state index is -1.52. The first-order valence-electron chi connectivity index (χ1n) is 8.53. The predicted octanol–water partition coefficient (Wildman–Crippen LogP) is 3.19. The van der Waals surface area contributed by atoms with E-state index in [1.165, 1.54) is 0 Å². The average molecular weight is 398 g/mol. The number of carboxylic acid groups (broad SMARTS) is 2. The van der Waals surface area contributed by atoms with E-state index in [-0.39, 0.29) is 28.5 Å². The van der Waals surface area contributed by atoms with Gasteiger partial charge in [0, 0.05) is 17.6 Å². The molecule has 1 atom stereocenters. The van der Waals surface area contributed by atoms with Gasteiger partial charge < -0.3 is 19.7 Å². The molecule has 8 heteroatoms. The van der Waals surface area contributed by atoms with Crippen molar-refractivity contribution in [2.45, 2.75) is 18.4 Å². The molecule has 1 unspecified atom stereocenters. The summed E-state index contributed by atoms with van der Waals surface area (Å²) in [5.41, 5.74) is 1.98. The fraction of sp³-hybridized carbons (Fsp3) is 0.150. The lowest BCUT2D eigenvalue weighted by Crippen LogP contribution is -2.10. The number of nitrogens with zero attached hydrogens (tertiary/aromatic N) is 1. The van der Waals surface area contributed by atoms with Crippen molar-refractivity contribution in [3.05, 3.63) is 71.2 Å². The van der Waals surface area contributed by atoms with Crippen molar-refractivity contribution in [3.8, 4) is 11.1 Å². The van der Waals surface area contributed by atoms with E-state index in [4.69, 9.17) is 0 Å². The van der Waals surface area contributed by atoms with E-state index in [2.05, 4.69) is 9.97 Å². The summed E-state index contributed by atoms with van der Waals surface area (Å²) in [6.07, 6.45) is 0.191. The van der Waals surface area contributed by atoms with Crippen LogP contribution >= 0.6 is 0 Å². The summed E-state index contributed by atoms with van der Waals surface area (Å²) in [6, 6.07) is 14.2. The molecule has 0 aliphatic rings. The van der Waals surface area contributed by atoms with Gasteiger partial charge >= 0.3 is 11.9 Å². The van der Waals surface area contributed by atoms with Crippen molar-refractivity contribution in [2.75, 3.05) is 5.75 Å². The number of H-pyrrole nitrogens is 1. The molecule has 0 aliphatic carbocycles. The molecule has 1 aromatic heterocycles. The number of hydrogen-bond donors (Lipinski definition) is 3. The molecule has 2 aromatic carbocycles. The van der Waals surface area contributed by atoms with E-state index < -0.39 is 23.1 Å². The van der Waals surface area contributed by atoms with Crippen molar-refractivity contribution in [1.82, 2.24) is 9.97 Å². The fourth-order valence-electron chi connectivity index (χ4n) is 2.88. The number of carboxylic acids is 2. The summed E-state index contributed by atoms with van der Waals surface area (Å²) in [5.74, 6) is -1.72. The lowest BCUT2D eigenvalue weighted by Gasteiger charge is -2.09. The highest BCUT2D eigenvalue weighted by Gasteiger charge is 2.25. The van der Waals surface area contributed by atoms with Crippen LogP contribution in [-0.4, -0.2) is 42.4 Å². The van der Waals surface area contributed by atoms with Gasteiger partial charge in [0.15, 0.2) is 0 Å². The minimum absolute atomic E-state index is 0.00404.